The highest BCUT2D eigenvalue weighted by atomic mass is 19.1. The van der Waals surface area contributed by atoms with E-state index >= 15 is 0 Å². The lowest BCUT2D eigenvalue weighted by Gasteiger charge is -2.34. The molecule has 0 aliphatic carbocycles. The molecule has 2 heterocycles. The first kappa shape index (κ1) is 16.1. The summed E-state index contributed by atoms with van der Waals surface area (Å²) in [5.41, 5.74) is 0.657. The van der Waals surface area contributed by atoms with Crippen molar-refractivity contribution in [1.82, 2.24) is 20.0 Å². The van der Waals surface area contributed by atoms with Crippen LogP contribution in [0.5, 0.6) is 0 Å². The molecule has 1 aliphatic rings. The number of carbonyl (C=O) groups is 1. The molecule has 9 heteroatoms. The van der Waals surface area contributed by atoms with Crippen LogP contribution < -0.4 is 0 Å². The Labute approximate surface area is 137 Å². The number of aromatic amines is 1. The van der Waals surface area contributed by atoms with E-state index in [4.69, 9.17) is 0 Å². The maximum atomic E-state index is 13.7. The van der Waals surface area contributed by atoms with Crippen LogP contribution in [0.3, 0.4) is 0 Å². The van der Waals surface area contributed by atoms with E-state index in [9.17, 15) is 19.3 Å². The van der Waals surface area contributed by atoms with Gasteiger partial charge in [0.15, 0.2) is 5.69 Å². The number of nitrogens with zero attached hydrogens (tertiary/aromatic N) is 4. The Morgan fingerprint density at radius 3 is 2.62 bits per heavy atom. The minimum absolute atomic E-state index is 0.0317. The van der Waals surface area contributed by atoms with E-state index in [0.29, 0.717) is 38.3 Å². The molecule has 1 aromatic carbocycles. The Balaban J connectivity index is 1.57. The molecule has 126 valence electrons. The number of hydrogen-bond donors (Lipinski definition) is 1. The fourth-order valence-corrected chi connectivity index (χ4v) is 2.65. The summed E-state index contributed by atoms with van der Waals surface area (Å²) in [5.74, 6) is -0.888. The van der Waals surface area contributed by atoms with Gasteiger partial charge in [-0.15, -0.1) is 5.10 Å². The molecule has 0 atom stereocenters. The number of benzene rings is 1. The topological polar surface area (TPSA) is 95.4 Å². The first-order chi connectivity index (χ1) is 11.5. The number of amides is 1. The average molecular weight is 333 g/mol. The van der Waals surface area contributed by atoms with Gasteiger partial charge in [-0.3, -0.25) is 9.69 Å². The zero-order valence-electron chi connectivity index (χ0n) is 12.8. The molecule has 1 fully saturated rings. The lowest BCUT2D eigenvalue weighted by atomic mass is 10.2. The summed E-state index contributed by atoms with van der Waals surface area (Å²) in [6.45, 7) is 2.63. The number of aromatic nitrogens is 2. The summed E-state index contributed by atoms with van der Waals surface area (Å²) in [6.07, 6.45) is 0. The number of rotatable bonds is 4. The van der Waals surface area contributed by atoms with E-state index in [1.807, 2.05) is 0 Å². The molecule has 2 aromatic rings. The molecule has 0 unspecified atom stereocenters. The smallest absolute Gasteiger partial charge is 0.343 e. The summed E-state index contributed by atoms with van der Waals surface area (Å²) < 4.78 is 13.7. The second kappa shape index (κ2) is 6.75. The van der Waals surface area contributed by atoms with E-state index in [1.165, 1.54) is 6.07 Å². The molecule has 1 N–H and O–H groups in total. The third kappa shape index (κ3) is 3.40. The van der Waals surface area contributed by atoms with Gasteiger partial charge in [0.25, 0.3) is 5.91 Å². The van der Waals surface area contributed by atoms with Gasteiger partial charge in [0.2, 0.25) is 0 Å². The van der Waals surface area contributed by atoms with Crippen LogP contribution in [0.2, 0.25) is 0 Å². The Kier molecular flexibility index (Phi) is 4.52. The van der Waals surface area contributed by atoms with Gasteiger partial charge in [-0.1, -0.05) is 23.3 Å². The molecular weight excluding hydrogens is 317 g/mol. The molecule has 1 saturated heterocycles. The Bertz CT molecular complexity index is 755. The van der Waals surface area contributed by atoms with E-state index < -0.39 is 4.92 Å². The molecular formula is C15H16FN5O3. The number of piperazine rings is 1. The van der Waals surface area contributed by atoms with Crippen molar-refractivity contribution in [3.63, 3.8) is 0 Å². The first-order valence-corrected chi connectivity index (χ1v) is 7.49. The average Bonchev–Trinajstić information content (AvgIpc) is 3.07. The normalized spacial score (nSPS) is 15.5. The van der Waals surface area contributed by atoms with Gasteiger partial charge >= 0.3 is 5.82 Å². The van der Waals surface area contributed by atoms with Crippen molar-refractivity contribution < 1.29 is 14.1 Å². The summed E-state index contributed by atoms with van der Waals surface area (Å²) in [6, 6.07) is 7.75. The Morgan fingerprint density at radius 1 is 1.29 bits per heavy atom. The van der Waals surface area contributed by atoms with Crippen LogP contribution in [0.15, 0.2) is 30.3 Å². The Hall–Kier alpha value is -2.81. The van der Waals surface area contributed by atoms with Crippen molar-refractivity contribution in [3.8, 4) is 0 Å². The maximum Gasteiger partial charge on any atom is 0.343 e. The highest BCUT2D eigenvalue weighted by molar-refractivity contribution is 5.92. The fourth-order valence-electron chi connectivity index (χ4n) is 2.65. The standard InChI is InChI=1S/C15H16FN5O3/c16-12-4-2-1-3-11(12)10-19-5-7-20(8-6-19)15(22)13-9-14(18-17-13)21(23)24/h1-4,9H,5-8,10H2,(H,17,18). The molecule has 0 bridgehead atoms. The molecule has 1 aromatic heterocycles. The molecule has 1 aliphatic heterocycles. The van der Waals surface area contributed by atoms with Crippen LogP contribution in [0.25, 0.3) is 0 Å². The second-order valence-corrected chi connectivity index (χ2v) is 5.56. The van der Waals surface area contributed by atoms with Gasteiger partial charge in [-0.25, -0.2) is 4.39 Å². The number of carbonyl (C=O) groups excluding carboxylic acids is 1. The van der Waals surface area contributed by atoms with Gasteiger partial charge < -0.3 is 15.0 Å². The molecule has 24 heavy (non-hydrogen) atoms. The van der Waals surface area contributed by atoms with Gasteiger partial charge in [-0.2, -0.15) is 0 Å². The fraction of sp³-hybridized carbons (Fsp3) is 0.333. The molecule has 1 amide bonds. The van der Waals surface area contributed by atoms with Crippen molar-refractivity contribution in [2.45, 2.75) is 6.54 Å². The van der Waals surface area contributed by atoms with Crippen LogP contribution in [-0.2, 0) is 6.54 Å². The number of hydrogen-bond acceptors (Lipinski definition) is 5. The third-order valence-corrected chi connectivity index (χ3v) is 3.99. The van der Waals surface area contributed by atoms with Crippen molar-refractivity contribution in [2.24, 2.45) is 0 Å². The number of halogens is 1. The highest BCUT2D eigenvalue weighted by Gasteiger charge is 2.26. The summed E-state index contributed by atoms with van der Waals surface area (Å²) >= 11 is 0. The van der Waals surface area contributed by atoms with Gasteiger partial charge in [-0.05, 0) is 11.0 Å². The van der Waals surface area contributed by atoms with E-state index in [0.717, 1.165) is 6.07 Å². The predicted molar refractivity (Wildman–Crippen MR) is 82.8 cm³/mol. The molecule has 0 spiro atoms. The third-order valence-electron chi connectivity index (χ3n) is 3.99. The van der Waals surface area contributed by atoms with Gasteiger partial charge in [0.05, 0.1) is 6.07 Å². The summed E-state index contributed by atoms with van der Waals surface area (Å²) in [7, 11) is 0. The van der Waals surface area contributed by atoms with Crippen molar-refractivity contribution in [1.29, 1.82) is 0 Å². The maximum absolute atomic E-state index is 13.7. The number of nitro groups is 1. The van der Waals surface area contributed by atoms with E-state index in [-0.39, 0.29) is 23.2 Å². The largest absolute Gasteiger partial charge is 0.358 e. The predicted octanol–water partition coefficient (Wildman–Crippen LogP) is 1.41. The molecule has 3 rings (SSSR count). The van der Waals surface area contributed by atoms with E-state index in [2.05, 4.69) is 15.1 Å². The van der Waals surface area contributed by atoms with E-state index in [1.54, 1.807) is 23.1 Å². The Morgan fingerprint density at radius 2 is 2.00 bits per heavy atom. The summed E-state index contributed by atoms with van der Waals surface area (Å²) in [4.78, 5) is 26.0. The minimum atomic E-state index is -0.629. The second-order valence-electron chi connectivity index (χ2n) is 5.56. The summed E-state index contributed by atoms with van der Waals surface area (Å²) in [5, 5.41) is 16.5. The molecule has 0 radical (unpaired) electrons. The number of nitrogens with one attached hydrogen (secondary N) is 1. The van der Waals surface area contributed by atoms with Crippen LogP contribution in [0.1, 0.15) is 16.1 Å². The van der Waals surface area contributed by atoms with Crippen LogP contribution in [0, 0.1) is 15.9 Å². The molecule has 0 saturated carbocycles. The zero-order chi connectivity index (χ0) is 17.1. The van der Waals surface area contributed by atoms with Crippen LogP contribution in [0.4, 0.5) is 10.2 Å². The van der Waals surface area contributed by atoms with Gasteiger partial charge in [0, 0.05) is 38.3 Å². The number of H-pyrrole nitrogens is 1. The quantitative estimate of drug-likeness (QED) is 0.674. The zero-order valence-corrected chi connectivity index (χ0v) is 12.8. The lowest BCUT2D eigenvalue weighted by Crippen LogP contribution is -2.48. The van der Waals surface area contributed by atoms with Crippen LogP contribution in [-0.4, -0.2) is 57.0 Å². The highest BCUT2D eigenvalue weighted by Crippen LogP contribution is 2.15. The van der Waals surface area contributed by atoms with Crippen molar-refractivity contribution >= 4 is 11.7 Å². The SMILES string of the molecule is O=C(c1cc([N+](=O)[O-])[nH]n1)N1CCN(Cc2ccccc2F)CC1. The van der Waals surface area contributed by atoms with Crippen LogP contribution >= 0.6 is 0 Å². The van der Waals surface area contributed by atoms with Crippen molar-refractivity contribution in [2.75, 3.05) is 26.2 Å². The van der Waals surface area contributed by atoms with Crippen molar-refractivity contribution in [3.05, 3.63) is 57.5 Å². The first-order valence-electron chi connectivity index (χ1n) is 7.49. The lowest BCUT2D eigenvalue weighted by molar-refractivity contribution is -0.389. The minimum Gasteiger partial charge on any atom is -0.358 e. The molecule has 8 nitrogen and oxygen atoms in total. The monoisotopic (exact) mass is 333 g/mol. The van der Waals surface area contributed by atoms with Gasteiger partial charge in [0.1, 0.15) is 5.82 Å².